The van der Waals surface area contributed by atoms with E-state index >= 15 is 0 Å². The molecule has 1 amide bonds. The summed E-state index contributed by atoms with van der Waals surface area (Å²) in [5.41, 5.74) is 3.37. The Balaban J connectivity index is 1.63. The van der Waals surface area contributed by atoms with Crippen LogP contribution in [0.1, 0.15) is 11.1 Å². The van der Waals surface area contributed by atoms with Gasteiger partial charge in [0.2, 0.25) is 5.91 Å². The summed E-state index contributed by atoms with van der Waals surface area (Å²) in [6.45, 7) is 0.121. The van der Waals surface area contributed by atoms with E-state index in [1.54, 1.807) is 24.7 Å². The lowest BCUT2D eigenvalue weighted by Gasteiger charge is -2.23. The van der Waals surface area contributed by atoms with Gasteiger partial charge in [-0.1, -0.05) is 12.1 Å². The van der Waals surface area contributed by atoms with E-state index in [0.717, 1.165) is 23.7 Å². The molecule has 0 atom stereocenters. The maximum absolute atomic E-state index is 13.6. The molecule has 4 rings (SSSR count). The molecule has 0 saturated heterocycles. The fourth-order valence-corrected chi connectivity index (χ4v) is 3.11. The fourth-order valence-electron chi connectivity index (χ4n) is 3.11. The predicted molar refractivity (Wildman–Crippen MR) is 107 cm³/mol. The molecule has 0 radical (unpaired) electrons. The SMILES string of the molecule is O=C(Cc1cncc(F)c1)N(Cc1cncc(F)c1)c1ccc(-c2cnc[nH]2)cc1. The molecule has 0 fully saturated rings. The first-order valence-corrected chi connectivity index (χ1v) is 9.16. The topological polar surface area (TPSA) is 74.8 Å². The van der Waals surface area contributed by atoms with Gasteiger partial charge < -0.3 is 9.88 Å². The molecule has 0 aliphatic carbocycles. The Kier molecular flexibility index (Phi) is 5.56. The number of hydrogen-bond donors (Lipinski definition) is 1. The summed E-state index contributed by atoms with van der Waals surface area (Å²) in [4.78, 5) is 29.3. The Labute approximate surface area is 171 Å². The number of pyridine rings is 2. The molecule has 0 bridgehead atoms. The number of halogens is 2. The number of nitrogens with one attached hydrogen (secondary N) is 1. The number of benzene rings is 1. The van der Waals surface area contributed by atoms with Gasteiger partial charge in [-0.2, -0.15) is 0 Å². The maximum atomic E-state index is 13.6. The summed E-state index contributed by atoms with van der Waals surface area (Å²) in [6, 6.07) is 9.91. The number of amides is 1. The van der Waals surface area contributed by atoms with Crippen LogP contribution in [-0.2, 0) is 17.8 Å². The molecule has 150 valence electrons. The third kappa shape index (κ3) is 4.54. The van der Waals surface area contributed by atoms with Crippen molar-refractivity contribution in [1.29, 1.82) is 0 Å². The first kappa shape index (κ1) is 19.4. The minimum atomic E-state index is -0.509. The van der Waals surface area contributed by atoms with Crippen LogP contribution in [0.25, 0.3) is 11.3 Å². The molecule has 0 aliphatic heterocycles. The number of carbonyl (C=O) groups excluding carboxylic acids is 1. The molecule has 0 aliphatic rings. The average molecular weight is 405 g/mol. The normalized spacial score (nSPS) is 10.7. The Morgan fingerprint density at radius 2 is 1.53 bits per heavy atom. The van der Waals surface area contributed by atoms with Gasteiger partial charge in [0.1, 0.15) is 11.6 Å². The van der Waals surface area contributed by atoms with Crippen LogP contribution >= 0.6 is 0 Å². The zero-order valence-electron chi connectivity index (χ0n) is 15.8. The highest BCUT2D eigenvalue weighted by Gasteiger charge is 2.18. The van der Waals surface area contributed by atoms with Gasteiger partial charge >= 0.3 is 0 Å². The van der Waals surface area contributed by atoms with Crippen LogP contribution in [-0.4, -0.2) is 25.8 Å². The fraction of sp³-hybridized carbons (Fsp3) is 0.0909. The van der Waals surface area contributed by atoms with Crippen molar-refractivity contribution in [3.8, 4) is 11.3 Å². The molecular formula is C22H17F2N5O. The molecule has 3 aromatic heterocycles. The number of imidazole rings is 1. The molecule has 3 heterocycles. The summed E-state index contributed by atoms with van der Waals surface area (Å²) in [6.07, 6.45) is 8.38. The minimum Gasteiger partial charge on any atom is -0.345 e. The molecular weight excluding hydrogens is 388 g/mol. The van der Waals surface area contributed by atoms with E-state index in [-0.39, 0.29) is 18.9 Å². The molecule has 1 N–H and O–H groups in total. The lowest BCUT2D eigenvalue weighted by Crippen LogP contribution is -2.32. The standard InChI is InChI=1S/C22H17F2N5O/c23-18-5-15(8-25-10-18)7-22(30)29(13-16-6-19(24)11-26-9-16)20-3-1-17(2-4-20)21-12-27-14-28-21/h1-6,8-12,14H,7,13H2,(H,27,28). The van der Waals surface area contributed by atoms with Crippen molar-refractivity contribution < 1.29 is 13.6 Å². The highest BCUT2D eigenvalue weighted by Crippen LogP contribution is 2.24. The number of hydrogen-bond acceptors (Lipinski definition) is 4. The zero-order valence-corrected chi connectivity index (χ0v) is 15.8. The second kappa shape index (κ2) is 8.60. The van der Waals surface area contributed by atoms with Crippen LogP contribution in [0.5, 0.6) is 0 Å². The monoisotopic (exact) mass is 405 g/mol. The Hall–Kier alpha value is -3.94. The van der Waals surface area contributed by atoms with Gasteiger partial charge in [0.25, 0.3) is 0 Å². The van der Waals surface area contributed by atoms with Gasteiger partial charge in [0, 0.05) is 18.1 Å². The number of rotatable bonds is 6. The van der Waals surface area contributed by atoms with Gasteiger partial charge in [0.05, 0.1) is 43.6 Å². The van der Waals surface area contributed by atoms with Gasteiger partial charge in [0.15, 0.2) is 0 Å². The zero-order chi connectivity index (χ0) is 20.9. The summed E-state index contributed by atoms with van der Waals surface area (Å²) >= 11 is 0. The predicted octanol–water partition coefficient (Wildman–Crippen LogP) is 3.92. The van der Waals surface area contributed by atoms with Crippen molar-refractivity contribution in [2.24, 2.45) is 0 Å². The lowest BCUT2D eigenvalue weighted by molar-refractivity contribution is -0.118. The van der Waals surface area contributed by atoms with Gasteiger partial charge in [-0.15, -0.1) is 0 Å². The first-order valence-electron chi connectivity index (χ1n) is 9.16. The summed E-state index contributed by atoms with van der Waals surface area (Å²) in [7, 11) is 0. The van der Waals surface area contributed by atoms with Gasteiger partial charge in [-0.3, -0.25) is 14.8 Å². The van der Waals surface area contributed by atoms with Gasteiger partial charge in [-0.05, 0) is 41.0 Å². The van der Waals surface area contributed by atoms with Gasteiger partial charge in [-0.25, -0.2) is 13.8 Å². The Morgan fingerprint density at radius 1 is 0.867 bits per heavy atom. The Bertz CT molecular complexity index is 1150. The highest BCUT2D eigenvalue weighted by atomic mass is 19.1. The van der Waals surface area contributed by atoms with Crippen molar-refractivity contribution in [3.05, 3.63) is 96.5 Å². The van der Waals surface area contributed by atoms with Crippen LogP contribution in [0.15, 0.2) is 73.7 Å². The third-order valence-electron chi connectivity index (χ3n) is 4.51. The van der Waals surface area contributed by atoms with Crippen molar-refractivity contribution in [3.63, 3.8) is 0 Å². The van der Waals surface area contributed by atoms with Crippen LogP contribution in [0.4, 0.5) is 14.5 Å². The first-order chi connectivity index (χ1) is 14.6. The van der Waals surface area contributed by atoms with E-state index in [1.807, 2.05) is 12.1 Å². The second-order valence-electron chi connectivity index (χ2n) is 6.69. The maximum Gasteiger partial charge on any atom is 0.231 e. The largest absolute Gasteiger partial charge is 0.345 e. The van der Waals surface area contributed by atoms with Crippen molar-refractivity contribution in [2.45, 2.75) is 13.0 Å². The van der Waals surface area contributed by atoms with Crippen LogP contribution in [0.3, 0.4) is 0 Å². The molecule has 4 aromatic rings. The minimum absolute atomic E-state index is 0.0458. The van der Waals surface area contributed by atoms with E-state index in [0.29, 0.717) is 16.8 Å². The molecule has 0 spiro atoms. The van der Waals surface area contributed by atoms with E-state index < -0.39 is 11.6 Å². The number of anilines is 1. The van der Waals surface area contributed by atoms with E-state index in [9.17, 15) is 13.6 Å². The number of H-pyrrole nitrogens is 1. The average Bonchev–Trinajstić information content (AvgIpc) is 3.27. The molecule has 8 heteroatoms. The van der Waals surface area contributed by atoms with E-state index in [2.05, 4.69) is 19.9 Å². The Morgan fingerprint density at radius 3 is 2.17 bits per heavy atom. The van der Waals surface area contributed by atoms with E-state index in [4.69, 9.17) is 0 Å². The lowest BCUT2D eigenvalue weighted by atomic mass is 10.1. The van der Waals surface area contributed by atoms with Crippen LogP contribution < -0.4 is 4.90 Å². The smallest absolute Gasteiger partial charge is 0.231 e. The summed E-state index contributed by atoms with van der Waals surface area (Å²) in [5.74, 6) is -1.27. The van der Waals surface area contributed by atoms with E-state index in [1.165, 1.54) is 29.4 Å². The number of carbonyl (C=O) groups is 1. The molecule has 30 heavy (non-hydrogen) atoms. The van der Waals surface area contributed by atoms with Crippen LogP contribution in [0.2, 0.25) is 0 Å². The third-order valence-corrected chi connectivity index (χ3v) is 4.51. The van der Waals surface area contributed by atoms with Crippen molar-refractivity contribution in [2.75, 3.05) is 4.90 Å². The van der Waals surface area contributed by atoms with Crippen molar-refractivity contribution in [1.82, 2.24) is 19.9 Å². The number of nitrogens with zero attached hydrogens (tertiary/aromatic N) is 4. The molecule has 0 unspecified atom stereocenters. The van der Waals surface area contributed by atoms with Crippen LogP contribution in [0, 0.1) is 11.6 Å². The number of aromatic nitrogens is 4. The van der Waals surface area contributed by atoms with Crippen molar-refractivity contribution >= 4 is 11.6 Å². The molecule has 1 aromatic carbocycles. The molecule has 0 saturated carbocycles. The molecule has 6 nitrogen and oxygen atoms in total. The second-order valence-corrected chi connectivity index (χ2v) is 6.69. The number of aromatic amines is 1. The quantitative estimate of drug-likeness (QED) is 0.528. The summed E-state index contributed by atoms with van der Waals surface area (Å²) in [5, 5.41) is 0. The highest BCUT2D eigenvalue weighted by molar-refractivity contribution is 5.94. The summed E-state index contributed by atoms with van der Waals surface area (Å²) < 4.78 is 27.1.